The molecule has 0 aromatic heterocycles. The summed E-state index contributed by atoms with van der Waals surface area (Å²) in [4.78, 5) is 14.1. The molecule has 0 aromatic carbocycles. The highest BCUT2D eigenvalue weighted by Gasteiger charge is 2.37. The molecular formula is C11H20N2O3S. The molecule has 0 aromatic rings. The molecule has 0 aliphatic carbocycles. The van der Waals surface area contributed by atoms with E-state index in [4.69, 9.17) is 5.73 Å². The molecule has 2 fully saturated rings. The van der Waals surface area contributed by atoms with Gasteiger partial charge in [0.15, 0.2) is 9.84 Å². The first-order valence-electron chi connectivity index (χ1n) is 6.24. The standard InChI is InChI=1S/C11H20N2O3S/c12-7-10-3-1-2-5-13(10)11(14)9-4-6-17(15,16)8-9/h9-10H,1-8,12H2. The van der Waals surface area contributed by atoms with E-state index in [0.29, 0.717) is 13.0 Å². The van der Waals surface area contributed by atoms with E-state index in [1.165, 1.54) is 0 Å². The van der Waals surface area contributed by atoms with Crippen LogP contribution in [-0.2, 0) is 14.6 Å². The Morgan fingerprint density at radius 3 is 2.65 bits per heavy atom. The van der Waals surface area contributed by atoms with Gasteiger partial charge in [0.05, 0.1) is 17.4 Å². The van der Waals surface area contributed by atoms with Crippen molar-refractivity contribution in [3.63, 3.8) is 0 Å². The molecule has 2 N–H and O–H groups in total. The summed E-state index contributed by atoms with van der Waals surface area (Å²) in [7, 11) is -2.98. The third-order valence-corrected chi connectivity index (χ3v) is 5.53. The predicted molar refractivity (Wildman–Crippen MR) is 65.2 cm³/mol. The van der Waals surface area contributed by atoms with Gasteiger partial charge < -0.3 is 10.6 Å². The minimum atomic E-state index is -2.98. The fourth-order valence-corrected chi connectivity index (χ4v) is 4.49. The van der Waals surface area contributed by atoms with Crippen molar-refractivity contribution in [2.45, 2.75) is 31.7 Å². The molecule has 2 unspecified atom stereocenters. The quantitative estimate of drug-likeness (QED) is 0.743. The lowest BCUT2D eigenvalue weighted by molar-refractivity contribution is -0.138. The topological polar surface area (TPSA) is 80.5 Å². The molecule has 5 nitrogen and oxygen atoms in total. The van der Waals surface area contributed by atoms with Gasteiger partial charge in [-0.25, -0.2) is 8.42 Å². The Hall–Kier alpha value is -0.620. The third kappa shape index (κ3) is 2.80. The monoisotopic (exact) mass is 260 g/mol. The predicted octanol–water partition coefficient (Wildman–Crippen LogP) is -0.239. The molecular weight excluding hydrogens is 240 g/mol. The molecule has 17 heavy (non-hydrogen) atoms. The number of carbonyl (C=O) groups excluding carboxylic acids is 1. The summed E-state index contributed by atoms with van der Waals surface area (Å²) in [6.07, 6.45) is 3.53. The molecule has 0 radical (unpaired) electrons. The van der Waals surface area contributed by atoms with Gasteiger partial charge in [-0.05, 0) is 25.7 Å². The van der Waals surface area contributed by atoms with Crippen molar-refractivity contribution < 1.29 is 13.2 Å². The second-order valence-electron chi connectivity index (χ2n) is 5.02. The summed E-state index contributed by atoms with van der Waals surface area (Å²) in [5.74, 6) is -0.141. The van der Waals surface area contributed by atoms with Crippen LogP contribution in [0.2, 0.25) is 0 Å². The van der Waals surface area contributed by atoms with Gasteiger partial charge in [0.2, 0.25) is 5.91 Å². The minimum Gasteiger partial charge on any atom is -0.338 e. The smallest absolute Gasteiger partial charge is 0.227 e. The zero-order valence-corrected chi connectivity index (χ0v) is 10.8. The van der Waals surface area contributed by atoms with Crippen molar-refractivity contribution in [1.29, 1.82) is 0 Å². The maximum atomic E-state index is 12.3. The lowest BCUT2D eigenvalue weighted by atomic mass is 9.99. The van der Waals surface area contributed by atoms with E-state index < -0.39 is 9.84 Å². The maximum absolute atomic E-state index is 12.3. The number of amides is 1. The molecule has 0 spiro atoms. The largest absolute Gasteiger partial charge is 0.338 e. The van der Waals surface area contributed by atoms with E-state index in [2.05, 4.69) is 0 Å². The van der Waals surface area contributed by atoms with Gasteiger partial charge in [-0.3, -0.25) is 4.79 Å². The van der Waals surface area contributed by atoms with E-state index in [0.717, 1.165) is 25.8 Å². The highest BCUT2D eigenvalue weighted by molar-refractivity contribution is 7.91. The Labute approximate surface area is 102 Å². The van der Waals surface area contributed by atoms with E-state index in [9.17, 15) is 13.2 Å². The Morgan fingerprint density at radius 1 is 1.29 bits per heavy atom. The van der Waals surface area contributed by atoms with Gasteiger partial charge in [-0.2, -0.15) is 0 Å². The van der Waals surface area contributed by atoms with E-state index in [-0.39, 0.29) is 29.4 Å². The van der Waals surface area contributed by atoms with Crippen molar-refractivity contribution in [2.75, 3.05) is 24.6 Å². The Bertz CT molecular complexity index is 394. The number of hydrogen-bond acceptors (Lipinski definition) is 4. The van der Waals surface area contributed by atoms with Crippen molar-refractivity contribution in [1.82, 2.24) is 4.90 Å². The van der Waals surface area contributed by atoms with Gasteiger partial charge in [0.1, 0.15) is 0 Å². The molecule has 0 saturated carbocycles. The van der Waals surface area contributed by atoms with Crippen LogP contribution < -0.4 is 5.73 Å². The lowest BCUT2D eigenvalue weighted by Gasteiger charge is -2.36. The second-order valence-corrected chi connectivity index (χ2v) is 7.25. The van der Waals surface area contributed by atoms with E-state index in [1.807, 2.05) is 4.90 Å². The summed E-state index contributed by atoms with van der Waals surface area (Å²) < 4.78 is 22.8. The number of nitrogens with two attached hydrogens (primary N) is 1. The zero-order chi connectivity index (χ0) is 12.5. The summed E-state index contributed by atoms with van der Waals surface area (Å²) in [6.45, 7) is 1.21. The van der Waals surface area contributed by atoms with Crippen LogP contribution in [0.1, 0.15) is 25.7 Å². The van der Waals surface area contributed by atoms with Crippen molar-refractivity contribution >= 4 is 15.7 Å². The number of carbonyl (C=O) groups is 1. The molecule has 2 saturated heterocycles. The molecule has 0 bridgehead atoms. The molecule has 2 atom stereocenters. The first kappa shape index (κ1) is 12.8. The van der Waals surface area contributed by atoms with Crippen molar-refractivity contribution in [3.8, 4) is 0 Å². The molecule has 98 valence electrons. The third-order valence-electron chi connectivity index (χ3n) is 3.76. The lowest BCUT2D eigenvalue weighted by Crippen LogP contribution is -2.49. The van der Waals surface area contributed by atoms with Gasteiger partial charge in [-0.1, -0.05) is 0 Å². The number of likely N-dealkylation sites (tertiary alicyclic amines) is 1. The summed E-state index contributed by atoms with van der Waals surface area (Å²) in [5.41, 5.74) is 5.67. The SMILES string of the molecule is NCC1CCCCN1C(=O)C1CCS(=O)(=O)C1. The summed E-state index contributed by atoms with van der Waals surface area (Å²) >= 11 is 0. The van der Waals surface area contributed by atoms with E-state index in [1.54, 1.807) is 0 Å². The maximum Gasteiger partial charge on any atom is 0.227 e. The van der Waals surface area contributed by atoms with Crippen LogP contribution in [0.3, 0.4) is 0 Å². The van der Waals surface area contributed by atoms with Gasteiger partial charge in [0, 0.05) is 19.1 Å². The number of sulfone groups is 1. The van der Waals surface area contributed by atoms with E-state index >= 15 is 0 Å². The highest BCUT2D eigenvalue weighted by Crippen LogP contribution is 2.24. The molecule has 1 amide bonds. The molecule has 2 heterocycles. The Balaban J connectivity index is 2.04. The fourth-order valence-electron chi connectivity index (χ4n) is 2.76. The van der Waals surface area contributed by atoms with Crippen LogP contribution >= 0.6 is 0 Å². The first-order valence-corrected chi connectivity index (χ1v) is 8.06. The number of piperidine rings is 1. The molecule has 6 heteroatoms. The molecule has 2 aliphatic rings. The Morgan fingerprint density at radius 2 is 2.06 bits per heavy atom. The average Bonchev–Trinajstić information content (AvgIpc) is 2.68. The molecule has 2 rings (SSSR count). The number of hydrogen-bond donors (Lipinski definition) is 1. The normalized spacial score (nSPS) is 32.6. The number of rotatable bonds is 2. The van der Waals surface area contributed by atoms with Crippen LogP contribution in [0, 0.1) is 5.92 Å². The highest BCUT2D eigenvalue weighted by atomic mass is 32.2. The minimum absolute atomic E-state index is 0.00113. The average molecular weight is 260 g/mol. The van der Waals surface area contributed by atoms with Gasteiger partial charge in [0.25, 0.3) is 0 Å². The van der Waals surface area contributed by atoms with Crippen molar-refractivity contribution in [2.24, 2.45) is 11.7 Å². The van der Waals surface area contributed by atoms with Gasteiger partial charge >= 0.3 is 0 Å². The summed E-state index contributed by atoms with van der Waals surface area (Å²) in [5, 5.41) is 0. The Kier molecular flexibility index (Phi) is 3.73. The molecule has 2 aliphatic heterocycles. The van der Waals surface area contributed by atoms with Crippen LogP contribution in [0.5, 0.6) is 0 Å². The summed E-state index contributed by atoms with van der Waals surface area (Å²) in [6, 6.07) is 0.111. The first-order chi connectivity index (χ1) is 8.03. The fraction of sp³-hybridized carbons (Fsp3) is 0.909. The zero-order valence-electron chi connectivity index (χ0n) is 9.97. The number of nitrogens with zero attached hydrogens (tertiary/aromatic N) is 1. The van der Waals surface area contributed by atoms with Crippen LogP contribution in [0.25, 0.3) is 0 Å². The van der Waals surface area contributed by atoms with Crippen LogP contribution in [0.4, 0.5) is 0 Å². The van der Waals surface area contributed by atoms with Gasteiger partial charge in [-0.15, -0.1) is 0 Å². The van der Waals surface area contributed by atoms with Crippen LogP contribution in [-0.4, -0.2) is 49.9 Å². The van der Waals surface area contributed by atoms with Crippen LogP contribution in [0.15, 0.2) is 0 Å². The second kappa shape index (κ2) is 4.94. The van der Waals surface area contributed by atoms with Crippen molar-refractivity contribution in [3.05, 3.63) is 0 Å².